The minimum Gasteiger partial charge on any atom is -0.462 e. The van der Waals surface area contributed by atoms with Gasteiger partial charge in [0.1, 0.15) is 6.10 Å². The fraction of sp³-hybridized carbons (Fsp3) is 0.917. The van der Waals surface area contributed by atoms with Crippen molar-refractivity contribution in [2.75, 3.05) is 20.1 Å². The van der Waals surface area contributed by atoms with Crippen molar-refractivity contribution in [2.24, 2.45) is 11.8 Å². The molecule has 0 radical (unpaired) electrons. The second-order valence-electron chi connectivity index (χ2n) is 4.99. The highest BCUT2D eigenvalue weighted by Crippen LogP contribution is 2.33. The molecule has 2 N–H and O–H groups in total. The topological polar surface area (TPSA) is 50.4 Å². The molecule has 0 aliphatic heterocycles. The summed E-state index contributed by atoms with van der Waals surface area (Å²) < 4.78 is 4.97. The molecule has 1 rings (SSSR count). The van der Waals surface area contributed by atoms with Crippen LogP contribution in [0.15, 0.2) is 0 Å². The number of hydrogen-bond donors (Lipinski definition) is 2. The smallest absolute Gasteiger partial charge is 0.293 e. The molecule has 0 spiro atoms. The molecule has 4 heteroatoms. The molecule has 1 aliphatic rings. The molecule has 1 unspecified atom stereocenters. The predicted molar refractivity (Wildman–Crippen MR) is 64.2 cm³/mol. The normalized spacial score (nSPS) is 26.2. The van der Waals surface area contributed by atoms with E-state index in [4.69, 9.17) is 4.74 Å². The Balaban J connectivity index is 2.12. The SMILES string of the molecule is CNCC(CNC1CC(C(C)C)C1)OC=O. The van der Waals surface area contributed by atoms with E-state index in [0.717, 1.165) is 18.4 Å². The summed E-state index contributed by atoms with van der Waals surface area (Å²) in [5.41, 5.74) is 0. The van der Waals surface area contributed by atoms with Gasteiger partial charge in [-0.2, -0.15) is 0 Å². The van der Waals surface area contributed by atoms with E-state index in [1.807, 2.05) is 7.05 Å². The Labute approximate surface area is 98.1 Å². The summed E-state index contributed by atoms with van der Waals surface area (Å²) >= 11 is 0. The van der Waals surface area contributed by atoms with Crippen LogP contribution in [0.3, 0.4) is 0 Å². The first-order chi connectivity index (χ1) is 7.67. The average molecular weight is 228 g/mol. The van der Waals surface area contributed by atoms with Crippen LogP contribution in [0.2, 0.25) is 0 Å². The van der Waals surface area contributed by atoms with Crippen LogP contribution in [-0.2, 0) is 9.53 Å². The molecule has 0 amide bonds. The van der Waals surface area contributed by atoms with E-state index < -0.39 is 0 Å². The molecule has 1 aliphatic carbocycles. The van der Waals surface area contributed by atoms with Gasteiger partial charge in [0.05, 0.1) is 0 Å². The van der Waals surface area contributed by atoms with E-state index in [-0.39, 0.29) is 6.10 Å². The number of carbonyl (C=O) groups is 1. The van der Waals surface area contributed by atoms with Gasteiger partial charge in [0.2, 0.25) is 0 Å². The van der Waals surface area contributed by atoms with Crippen molar-refractivity contribution in [3.63, 3.8) is 0 Å². The zero-order valence-corrected chi connectivity index (χ0v) is 10.5. The fourth-order valence-electron chi connectivity index (χ4n) is 2.15. The molecule has 0 aromatic rings. The minimum atomic E-state index is -0.0550. The molecule has 94 valence electrons. The maximum absolute atomic E-state index is 10.3. The van der Waals surface area contributed by atoms with Crippen molar-refractivity contribution in [3.8, 4) is 0 Å². The Bertz CT molecular complexity index is 203. The lowest BCUT2D eigenvalue weighted by Gasteiger charge is -2.39. The highest BCUT2D eigenvalue weighted by molar-refractivity contribution is 5.37. The molecule has 16 heavy (non-hydrogen) atoms. The van der Waals surface area contributed by atoms with Crippen molar-refractivity contribution in [1.82, 2.24) is 10.6 Å². The van der Waals surface area contributed by atoms with E-state index in [2.05, 4.69) is 24.5 Å². The van der Waals surface area contributed by atoms with Crippen molar-refractivity contribution < 1.29 is 9.53 Å². The molecule has 0 saturated heterocycles. The van der Waals surface area contributed by atoms with Gasteiger partial charge in [-0.15, -0.1) is 0 Å². The minimum absolute atomic E-state index is 0.0550. The third-order valence-electron chi connectivity index (χ3n) is 3.43. The Morgan fingerprint density at radius 3 is 2.56 bits per heavy atom. The first-order valence-electron chi connectivity index (χ1n) is 6.14. The number of carbonyl (C=O) groups excluding carboxylic acids is 1. The maximum Gasteiger partial charge on any atom is 0.293 e. The van der Waals surface area contributed by atoms with Crippen molar-refractivity contribution in [1.29, 1.82) is 0 Å². The van der Waals surface area contributed by atoms with E-state index in [9.17, 15) is 4.79 Å². The summed E-state index contributed by atoms with van der Waals surface area (Å²) in [7, 11) is 1.86. The van der Waals surface area contributed by atoms with E-state index in [0.29, 0.717) is 19.1 Å². The lowest BCUT2D eigenvalue weighted by atomic mass is 9.73. The maximum atomic E-state index is 10.3. The molecule has 1 atom stereocenters. The van der Waals surface area contributed by atoms with E-state index >= 15 is 0 Å². The molecule has 0 bridgehead atoms. The molecule has 0 heterocycles. The summed E-state index contributed by atoms with van der Waals surface area (Å²) in [6, 6.07) is 0.613. The highest BCUT2D eigenvalue weighted by Gasteiger charge is 2.31. The average Bonchev–Trinajstić information content (AvgIpc) is 2.15. The van der Waals surface area contributed by atoms with Crippen LogP contribution in [0.4, 0.5) is 0 Å². The van der Waals surface area contributed by atoms with E-state index in [1.165, 1.54) is 12.8 Å². The monoisotopic (exact) mass is 228 g/mol. The number of nitrogens with one attached hydrogen (secondary N) is 2. The third kappa shape index (κ3) is 4.10. The molecular formula is C12H24N2O2. The number of rotatable bonds is 8. The quantitative estimate of drug-likeness (QED) is 0.603. The fourth-order valence-corrected chi connectivity index (χ4v) is 2.15. The standard InChI is InChI=1S/C12H24N2O2/c1-9(2)10-4-11(5-10)14-7-12(6-13-3)16-8-15/h8-14H,4-7H2,1-3H3. The molecule has 0 aromatic carbocycles. The Morgan fingerprint density at radius 1 is 1.38 bits per heavy atom. The Hall–Kier alpha value is -0.610. The van der Waals surface area contributed by atoms with Crippen LogP contribution in [-0.4, -0.2) is 38.8 Å². The molecular weight excluding hydrogens is 204 g/mol. The zero-order chi connectivity index (χ0) is 12.0. The Morgan fingerprint density at radius 2 is 2.06 bits per heavy atom. The Kier molecular flexibility index (Phi) is 5.77. The summed E-state index contributed by atoms with van der Waals surface area (Å²) in [5, 5.41) is 6.47. The number of ether oxygens (including phenoxy) is 1. The van der Waals surface area contributed by atoms with Crippen LogP contribution in [0.25, 0.3) is 0 Å². The van der Waals surface area contributed by atoms with Gasteiger partial charge in [0, 0.05) is 19.1 Å². The van der Waals surface area contributed by atoms with Crippen LogP contribution >= 0.6 is 0 Å². The van der Waals surface area contributed by atoms with Crippen LogP contribution in [0.1, 0.15) is 26.7 Å². The van der Waals surface area contributed by atoms with Gasteiger partial charge in [-0.25, -0.2) is 0 Å². The zero-order valence-electron chi connectivity index (χ0n) is 10.5. The van der Waals surface area contributed by atoms with Crippen LogP contribution in [0.5, 0.6) is 0 Å². The summed E-state index contributed by atoms with van der Waals surface area (Å²) in [6.45, 7) is 6.53. The van der Waals surface area contributed by atoms with Gasteiger partial charge in [-0.1, -0.05) is 13.8 Å². The molecule has 0 aromatic heterocycles. The second kappa shape index (κ2) is 6.86. The van der Waals surface area contributed by atoms with Gasteiger partial charge in [0.15, 0.2) is 0 Å². The largest absolute Gasteiger partial charge is 0.462 e. The number of hydrogen-bond acceptors (Lipinski definition) is 4. The lowest BCUT2D eigenvalue weighted by Crippen LogP contribution is -2.47. The van der Waals surface area contributed by atoms with Gasteiger partial charge >= 0.3 is 0 Å². The first-order valence-corrected chi connectivity index (χ1v) is 6.14. The summed E-state index contributed by atoms with van der Waals surface area (Å²) in [5.74, 6) is 1.66. The number of likely N-dealkylation sites (N-methyl/N-ethyl adjacent to an activating group) is 1. The summed E-state index contributed by atoms with van der Waals surface area (Å²) in [4.78, 5) is 10.3. The molecule has 4 nitrogen and oxygen atoms in total. The van der Waals surface area contributed by atoms with Gasteiger partial charge in [-0.3, -0.25) is 4.79 Å². The van der Waals surface area contributed by atoms with Gasteiger partial charge in [-0.05, 0) is 31.7 Å². The lowest BCUT2D eigenvalue weighted by molar-refractivity contribution is -0.133. The first kappa shape index (κ1) is 13.5. The molecule has 1 saturated carbocycles. The van der Waals surface area contributed by atoms with E-state index in [1.54, 1.807) is 0 Å². The van der Waals surface area contributed by atoms with Crippen molar-refractivity contribution in [3.05, 3.63) is 0 Å². The van der Waals surface area contributed by atoms with Gasteiger partial charge < -0.3 is 15.4 Å². The van der Waals surface area contributed by atoms with Crippen LogP contribution < -0.4 is 10.6 Å². The van der Waals surface area contributed by atoms with Gasteiger partial charge in [0.25, 0.3) is 6.47 Å². The van der Waals surface area contributed by atoms with Crippen molar-refractivity contribution in [2.45, 2.75) is 38.8 Å². The van der Waals surface area contributed by atoms with Crippen LogP contribution in [0, 0.1) is 11.8 Å². The summed E-state index contributed by atoms with van der Waals surface area (Å²) in [6.07, 6.45) is 2.45. The second-order valence-corrected chi connectivity index (χ2v) is 4.99. The predicted octanol–water partition coefficient (Wildman–Crippen LogP) is 0.772. The molecule has 1 fully saturated rings. The third-order valence-corrected chi connectivity index (χ3v) is 3.43. The highest BCUT2D eigenvalue weighted by atomic mass is 16.5. The van der Waals surface area contributed by atoms with Crippen molar-refractivity contribution >= 4 is 6.47 Å².